The summed E-state index contributed by atoms with van der Waals surface area (Å²) in [5.41, 5.74) is 8.07. The van der Waals surface area contributed by atoms with Crippen LogP contribution in [0.25, 0.3) is 16.8 Å². The van der Waals surface area contributed by atoms with Gasteiger partial charge in [-0.1, -0.05) is 12.1 Å². The molecule has 1 aliphatic rings. The molecule has 0 radical (unpaired) electrons. The van der Waals surface area contributed by atoms with E-state index >= 15 is 0 Å². The van der Waals surface area contributed by atoms with E-state index in [2.05, 4.69) is 15.4 Å². The zero-order valence-electron chi connectivity index (χ0n) is 14.3. The summed E-state index contributed by atoms with van der Waals surface area (Å²) in [5.74, 6) is 1.19. The highest BCUT2D eigenvalue weighted by molar-refractivity contribution is 5.78. The van der Waals surface area contributed by atoms with Crippen LogP contribution >= 0.6 is 0 Å². The standard InChI is InChI=1S/C18H20N6O2/c19-16(25)12-23-7-5-20-17-4-6-24-18(22-17)15(11-21-24)13-2-1-3-14(10-13)26-9-8-23/h1-4,6,10-11H,5,7-9,12H2,(H2,19,25)(H,20,22). The van der Waals surface area contributed by atoms with Crippen molar-refractivity contribution < 1.29 is 9.53 Å². The average molecular weight is 352 g/mol. The molecule has 2 aromatic heterocycles. The Morgan fingerprint density at radius 1 is 1.31 bits per heavy atom. The van der Waals surface area contributed by atoms with Crippen molar-refractivity contribution in [3.63, 3.8) is 0 Å². The average Bonchev–Trinajstić information content (AvgIpc) is 3.04. The largest absolute Gasteiger partial charge is 0.492 e. The third-order valence-electron chi connectivity index (χ3n) is 4.30. The van der Waals surface area contributed by atoms with Gasteiger partial charge in [-0.3, -0.25) is 9.69 Å². The van der Waals surface area contributed by atoms with Crippen LogP contribution in [0.1, 0.15) is 0 Å². The predicted octanol–water partition coefficient (Wildman–Crippen LogP) is 0.988. The van der Waals surface area contributed by atoms with Crippen LogP contribution in [0.3, 0.4) is 0 Å². The number of nitrogens with one attached hydrogen (secondary N) is 1. The van der Waals surface area contributed by atoms with Crippen molar-refractivity contribution in [1.82, 2.24) is 19.5 Å². The summed E-state index contributed by atoms with van der Waals surface area (Å²) in [5, 5.41) is 7.67. The maximum atomic E-state index is 11.3. The first kappa shape index (κ1) is 16.3. The molecule has 0 atom stereocenters. The summed E-state index contributed by atoms with van der Waals surface area (Å²) in [6, 6.07) is 9.73. The fourth-order valence-electron chi connectivity index (χ4n) is 3.05. The Kier molecular flexibility index (Phi) is 4.40. The second-order valence-electron chi connectivity index (χ2n) is 6.18. The van der Waals surface area contributed by atoms with Crippen LogP contribution in [0.4, 0.5) is 5.82 Å². The molecule has 0 saturated carbocycles. The topological polar surface area (TPSA) is 97.8 Å². The number of nitrogens with two attached hydrogens (primary N) is 1. The summed E-state index contributed by atoms with van der Waals surface area (Å²) in [7, 11) is 0. The van der Waals surface area contributed by atoms with Crippen molar-refractivity contribution in [2.24, 2.45) is 5.73 Å². The predicted molar refractivity (Wildman–Crippen MR) is 98.0 cm³/mol. The van der Waals surface area contributed by atoms with Crippen LogP contribution in [0.2, 0.25) is 0 Å². The van der Waals surface area contributed by atoms with Gasteiger partial charge >= 0.3 is 0 Å². The van der Waals surface area contributed by atoms with Gasteiger partial charge in [-0.25, -0.2) is 9.50 Å². The van der Waals surface area contributed by atoms with E-state index in [1.807, 2.05) is 47.6 Å². The number of primary amides is 1. The first-order chi connectivity index (χ1) is 12.7. The van der Waals surface area contributed by atoms with E-state index < -0.39 is 0 Å². The van der Waals surface area contributed by atoms with E-state index in [4.69, 9.17) is 10.5 Å². The quantitative estimate of drug-likeness (QED) is 0.714. The van der Waals surface area contributed by atoms with Crippen LogP contribution in [0.5, 0.6) is 5.75 Å². The van der Waals surface area contributed by atoms with E-state index in [0.717, 1.165) is 28.3 Å². The number of hydrogen-bond donors (Lipinski definition) is 2. The van der Waals surface area contributed by atoms with Crippen molar-refractivity contribution in [1.29, 1.82) is 0 Å². The number of amides is 1. The van der Waals surface area contributed by atoms with Crippen molar-refractivity contribution in [2.45, 2.75) is 0 Å². The van der Waals surface area contributed by atoms with Gasteiger partial charge in [0, 0.05) is 31.4 Å². The minimum absolute atomic E-state index is 0.199. The lowest BCUT2D eigenvalue weighted by Gasteiger charge is -2.21. The Balaban J connectivity index is 1.71. The second kappa shape index (κ2) is 7.01. The lowest BCUT2D eigenvalue weighted by molar-refractivity contribution is -0.119. The molecule has 0 aliphatic carbocycles. The molecule has 0 spiro atoms. The molecule has 0 saturated heterocycles. The summed E-state index contributed by atoms with van der Waals surface area (Å²) in [6.45, 7) is 2.59. The number of carbonyl (C=O) groups is 1. The number of fused-ring (bicyclic) bond motifs is 4. The van der Waals surface area contributed by atoms with Gasteiger partial charge < -0.3 is 15.8 Å². The zero-order valence-corrected chi connectivity index (χ0v) is 14.3. The highest BCUT2D eigenvalue weighted by Gasteiger charge is 2.13. The van der Waals surface area contributed by atoms with Crippen LogP contribution in [-0.2, 0) is 4.79 Å². The second-order valence-corrected chi connectivity index (χ2v) is 6.18. The Hall–Kier alpha value is -3.13. The highest BCUT2D eigenvalue weighted by Crippen LogP contribution is 2.27. The Bertz CT molecular complexity index is 938. The molecular weight excluding hydrogens is 332 g/mol. The Morgan fingerprint density at radius 3 is 3.12 bits per heavy atom. The monoisotopic (exact) mass is 352 g/mol. The number of ether oxygens (including phenoxy) is 1. The number of anilines is 1. The first-order valence-corrected chi connectivity index (χ1v) is 8.51. The lowest BCUT2D eigenvalue weighted by Crippen LogP contribution is -2.39. The van der Waals surface area contributed by atoms with E-state index in [1.165, 1.54) is 0 Å². The molecule has 1 aliphatic heterocycles. The number of hydrogen-bond acceptors (Lipinski definition) is 6. The fourth-order valence-corrected chi connectivity index (χ4v) is 3.05. The van der Waals surface area contributed by atoms with Gasteiger partial charge in [0.25, 0.3) is 0 Å². The number of nitrogens with zero attached hydrogens (tertiary/aromatic N) is 4. The summed E-state index contributed by atoms with van der Waals surface area (Å²) < 4.78 is 7.62. The van der Waals surface area contributed by atoms with Crippen LogP contribution in [0, 0.1) is 0 Å². The number of aromatic nitrogens is 3. The summed E-state index contributed by atoms with van der Waals surface area (Å²) >= 11 is 0. The molecule has 1 amide bonds. The van der Waals surface area contributed by atoms with Gasteiger partial charge in [-0.2, -0.15) is 5.10 Å². The molecular formula is C18H20N6O2. The Labute approximate surface area is 150 Å². The van der Waals surface area contributed by atoms with Crippen molar-refractivity contribution in [3.8, 4) is 16.9 Å². The SMILES string of the molecule is NC(=O)CN1CCNc2ccn3ncc(c3n2)-c2cccc(c2)OCC1. The minimum Gasteiger partial charge on any atom is -0.492 e. The van der Waals surface area contributed by atoms with Crippen LogP contribution in [-0.4, -0.2) is 58.2 Å². The molecule has 134 valence electrons. The van der Waals surface area contributed by atoms with Gasteiger partial charge in [0.15, 0.2) is 5.65 Å². The highest BCUT2D eigenvalue weighted by atomic mass is 16.5. The molecule has 3 N–H and O–H groups in total. The maximum Gasteiger partial charge on any atom is 0.231 e. The molecule has 0 unspecified atom stereocenters. The van der Waals surface area contributed by atoms with Crippen LogP contribution < -0.4 is 15.8 Å². The molecule has 26 heavy (non-hydrogen) atoms. The van der Waals surface area contributed by atoms with E-state index in [1.54, 1.807) is 4.52 Å². The van der Waals surface area contributed by atoms with Crippen molar-refractivity contribution >= 4 is 17.4 Å². The molecule has 4 bridgehead atoms. The van der Waals surface area contributed by atoms with E-state index in [9.17, 15) is 4.79 Å². The fraction of sp³-hybridized carbons (Fsp3) is 0.278. The van der Waals surface area contributed by atoms with Gasteiger partial charge in [0.2, 0.25) is 5.91 Å². The van der Waals surface area contributed by atoms with Gasteiger partial charge in [-0.05, 0) is 23.8 Å². The smallest absolute Gasteiger partial charge is 0.231 e. The molecule has 8 heteroatoms. The molecule has 4 rings (SSSR count). The molecule has 8 nitrogen and oxygen atoms in total. The van der Waals surface area contributed by atoms with Crippen molar-refractivity contribution in [2.75, 3.05) is 38.1 Å². The first-order valence-electron chi connectivity index (χ1n) is 8.51. The molecule has 3 aromatic rings. The molecule has 0 fully saturated rings. The van der Waals surface area contributed by atoms with Gasteiger partial charge in [0.05, 0.1) is 12.7 Å². The lowest BCUT2D eigenvalue weighted by atomic mass is 10.1. The normalized spacial score (nSPS) is 15.2. The van der Waals surface area contributed by atoms with Crippen molar-refractivity contribution in [3.05, 3.63) is 42.7 Å². The number of carbonyl (C=O) groups excluding carboxylic acids is 1. The minimum atomic E-state index is -0.350. The third-order valence-corrected chi connectivity index (χ3v) is 4.30. The van der Waals surface area contributed by atoms with Gasteiger partial charge in [0.1, 0.15) is 18.2 Å². The zero-order chi connectivity index (χ0) is 17.9. The summed E-state index contributed by atoms with van der Waals surface area (Å²) in [4.78, 5) is 17.9. The Morgan fingerprint density at radius 2 is 2.23 bits per heavy atom. The van der Waals surface area contributed by atoms with E-state index in [-0.39, 0.29) is 12.5 Å². The third kappa shape index (κ3) is 3.45. The molecule has 1 aromatic carbocycles. The number of rotatable bonds is 2. The van der Waals surface area contributed by atoms with Gasteiger partial charge in [-0.15, -0.1) is 0 Å². The van der Waals surface area contributed by atoms with Crippen LogP contribution in [0.15, 0.2) is 42.7 Å². The van der Waals surface area contributed by atoms with E-state index in [0.29, 0.717) is 26.2 Å². The molecule has 3 heterocycles. The summed E-state index contributed by atoms with van der Waals surface area (Å²) in [6.07, 6.45) is 3.69. The maximum absolute atomic E-state index is 11.3. The number of benzene rings is 1.